The van der Waals surface area contributed by atoms with Crippen molar-refractivity contribution < 1.29 is 22.9 Å². The van der Waals surface area contributed by atoms with E-state index in [-0.39, 0.29) is 23.4 Å². The Bertz CT molecular complexity index is 341. The monoisotopic (exact) mass is 320 g/mol. The maximum Gasteiger partial charge on any atom is 0.505 e. The van der Waals surface area contributed by atoms with Gasteiger partial charge in [-0.2, -0.15) is 0 Å². The van der Waals surface area contributed by atoms with Gasteiger partial charge in [-0.3, -0.25) is 9.59 Å². The summed E-state index contributed by atoms with van der Waals surface area (Å²) in [4.78, 5) is 24.5. The van der Waals surface area contributed by atoms with Crippen molar-refractivity contribution in [2.75, 3.05) is 34.4 Å². The molecule has 2 unspecified atom stereocenters. The molecular weight excluding hydrogens is 292 g/mol. The molecule has 0 aliphatic rings. The van der Waals surface area contributed by atoms with Gasteiger partial charge < -0.3 is 23.5 Å². The molecule has 124 valence electrons. The maximum absolute atomic E-state index is 11.9. The van der Waals surface area contributed by atoms with Gasteiger partial charge in [0.25, 0.3) is 0 Å². The molecule has 0 aliphatic heterocycles. The minimum absolute atomic E-state index is 0.0640. The van der Waals surface area contributed by atoms with E-state index in [4.69, 9.17) is 13.3 Å². The van der Waals surface area contributed by atoms with Gasteiger partial charge in [0.2, 0.25) is 11.8 Å². The highest BCUT2D eigenvalue weighted by Gasteiger charge is 2.48. The first kappa shape index (κ1) is 20.0. The summed E-state index contributed by atoms with van der Waals surface area (Å²) in [6.45, 7) is 7.67. The summed E-state index contributed by atoms with van der Waals surface area (Å²) in [5.41, 5.74) is -0.0984. The predicted octanol–water partition coefficient (Wildman–Crippen LogP) is 0.628. The maximum atomic E-state index is 11.9. The van der Waals surface area contributed by atoms with Crippen LogP contribution in [0.5, 0.6) is 0 Å². The molecule has 0 saturated carbocycles. The van der Waals surface area contributed by atoms with Gasteiger partial charge in [0, 0.05) is 59.8 Å². The van der Waals surface area contributed by atoms with Gasteiger partial charge in [-0.15, -0.1) is 0 Å². The van der Waals surface area contributed by atoms with E-state index in [2.05, 4.69) is 5.32 Å². The number of carbonyl (C=O) groups excluding carboxylic acids is 2. The fourth-order valence-electron chi connectivity index (χ4n) is 2.37. The minimum Gasteiger partial charge on any atom is -0.377 e. The Labute approximate surface area is 128 Å². The van der Waals surface area contributed by atoms with Crippen LogP contribution in [0.3, 0.4) is 0 Å². The number of rotatable bonds is 9. The molecule has 0 heterocycles. The van der Waals surface area contributed by atoms with E-state index in [0.717, 1.165) is 0 Å². The quantitative estimate of drug-likeness (QED) is 0.631. The summed E-state index contributed by atoms with van der Waals surface area (Å²) >= 11 is 0. The molecule has 1 N–H and O–H groups in total. The van der Waals surface area contributed by atoms with Crippen LogP contribution in [-0.2, 0) is 22.9 Å². The highest BCUT2D eigenvalue weighted by atomic mass is 28.4. The fourth-order valence-corrected chi connectivity index (χ4v) is 4.76. The molecule has 0 fully saturated rings. The molecule has 0 aromatic rings. The zero-order valence-corrected chi connectivity index (χ0v) is 15.1. The van der Waals surface area contributed by atoms with Crippen molar-refractivity contribution in [3.05, 3.63) is 0 Å². The summed E-state index contributed by atoms with van der Waals surface area (Å²) in [5.74, 6) is -0.181. The molecule has 2 atom stereocenters. The van der Waals surface area contributed by atoms with E-state index in [1.54, 1.807) is 26.2 Å². The second-order valence-corrected chi connectivity index (χ2v) is 8.28. The van der Waals surface area contributed by atoms with Crippen LogP contribution in [0.2, 0.25) is 5.54 Å². The van der Waals surface area contributed by atoms with Gasteiger partial charge in [-0.25, -0.2) is 0 Å². The smallest absolute Gasteiger partial charge is 0.377 e. The largest absolute Gasteiger partial charge is 0.505 e. The zero-order valence-electron chi connectivity index (χ0n) is 14.1. The number of nitrogens with one attached hydrogen (secondary N) is 1. The van der Waals surface area contributed by atoms with Crippen LogP contribution in [0.15, 0.2) is 0 Å². The molecule has 0 spiro atoms. The highest BCUT2D eigenvalue weighted by Crippen LogP contribution is 2.29. The molecule has 0 aromatic heterocycles. The summed E-state index contributed by atoms with van der Waals surface area (Å²) in [7, 11) is 1.83. The Morgan fingerprint density at radius 2 is 1.57 bits per heavy atom. The third-order valence-electron chi connectivity index (χ3n) is 3.76. The number of hydrogen-bond acceptors (Lipinski definition) is 5. The second kappa shape index (κ2) is 9.14. The number of carbonyl (C=O) groups is 2. The van der Waals surface area contributed by atoms with Crippen LogP contribution in [0, 0.1) is 0 Å². The molecule has 21 heavy (non-hydrogen) atoms. The van der Waals surface area contributed by atoms with E-state index < -0.39 is 8.80 Å². The Balaban J connectivity index is 4.98. The standard InChI is InChI=1S/C13H28N2O5Si/c1-10(11(2)21(18-5,19-6)20-7)15(13(4)17)9-8-14-12(3)16/h10-11H,8-9H2,1-7H3,(H,14,16). The molecule has 0 radical (unpaired) electrons. The molecule has 0 rings (SSSR count). The second-order valence-electron chi connectivity index (χ2n) is 4.94. The van der Waals surface area contributed by atoms with E-state index in [9.17, 15) is 9.59 Å². The molecule has 0 aliphatic carbocycles. The number of amides is 2. The summed E-state index contributed by atoms with van der Waals surface area (Å²) < 4.78 is 16.4. The van der Waals surface area contributed by atoms with Crippen molar-refractivity contribution in [2.45, 2.75) is 39.3 Å². The van der Waals surface area contributed by atoms with Crippen LogP contribution < -0.4 is 5.32 Å². The summed E-state index contributed by atoms with van der Waals surface area (Å²) in [6, 6.07) is -0.136. The number of nitrogens with zero attached hydrogens (tertiary/aromatic N) is 1. The Morgan fingerprint density at radius 1 is 1.10 bits per heavy atom. The Hall–Kier alpha value is -0.963. The average Bonchev–Trinajstić information content (AvgIpc) is 2.44. The summed E-state index contributed by atoms with van der Waals surface area (Å²) in [6.07, 6.45) is 0. The van der Waals surface area contributed by atoms with Crippen molar-refractivity contribution in [2.24, 2.45) is 0 Å². The van der Waals surface area contributed by atoms with Gasteiger partial charge in [0.1, 0.15) is 0 Å². The average molecular weight is 320 g/mol. The van der Waals surface area contributed by atoms with Crippen LogP contribution in [0.4, 0.5) is 0 Å². The third-order valence-corrected chi connectivity index (χ3v) is 7.06. The first-order valence-corrected chi connectivity index (χ1v) is 8.73. The van der Waals surface area contributed by atoms with E-state index in [0.29, 0.717) is 13.1 Å². The normalized spacial score (nSPS) is 14.4. The van der Waals surface area contributed by atoms with Crippen molar-refractivity contribution in [3.63, 3.8) is 0 Å². The van der Waals surface area contributed by atoms with Gasteiger partial charge in [-0.05, 0) is 6.92 Å². The first-order valence-electron chi connectivity index (χ1n) is 6.92. The Morgan fingerprint density at radius 3 is 1.90 bits per heavy atom. The van der Waals surface area contributed by atoms with Crippen molar-refractivity contribution in [1.29, 1.82) is 0 Å². The molecule has 2 amide bonds. The van der Waals surface area contributed by atoms with E-state index >= 15 is 0 Å². The lowest BCUT2D eigenvalue weighted by Gasteiger charge is -2.38. The van der Waals surface area contributed by atoms with Gasteiger partial charge in [-0.1, -0.05) is 6.92 Å². The topological polar surface area (TPSA) is 77.1 Å². The summed E-state index contributed by atoms with van der Waals surface area (Å²) in [5, 5.41) is 2.69. The van der Waals surface area contributed by atoms with Crippen molar-refractivity contribution in [3.8, 4) is 0 Å². The molecule has 8 heteroatoms. The molecule has 0 bridgehead atoms. The fraction of sp³-hybridized carbons (Fsp3) is 0.846. The Kier molecular flexibility index (Phi) is 8.72. The van der Waals surface area contributed by atoms with E-state index in [1.807, 2.05) is 13.8 Å². The highest BCUT2D eigenvalue weighted by molar-refractivity contribution is 6.62. The van der Waals surface area contributed by atoms with Crippen LogP contribution >= 0.6 is 0 Å². The van der Waals surface area contributed by atoms with Gasteiger partial charge in [0.05, 0.1) is 0 Å². The minimum atomic E-state index is -2.83. The lowest BCUT2D eigenvalue weighted by atomic mass is 10.2. The zero-order chi connectivity index (χ0) is 16.6. The third kappa shape index (κ3) is 5.38. The molecule has 0 saturated heterocycles. The molecule has 0 aromatic carbocycles. The van der Waals surface area contributed by atoms with Crippen LogP contribution in [0.1, 0.15) is 27.7 Å². The van der Waals surface area contributed by atoms with Gasteiger partial charge >= 0.3 is 8.80 Å². The van der Waals surface area contributed by atoms with E-state index in [1.165, 1.54) is 13.8 Å². The lowest BCUT2D eigenvalue weighted by Crippen LogP contribution is -2.55. The first-order chi connectivity index (χ1) is 9.75. The number of hydrogen-bond donors (Lipinski definition) is 1. The van der Waals surface area contributed by atoms with Crippen LogP contribution in [0.25, 0.3) is 0 Å². The van der Waals surface area contributed by atoms with Crippen molar-refractivity contribution in [1.82, 2.24) is 10.2 Å². The van der Waals surface area contributed by atoms with Gasteiger partial charge in [0.15, 0.2) is 0 Å². The van der Waals surface area contributed by atoms with Crippen LogP contribution in [-0.4, -0.2) is 66.0 Å². The molecular formula is C13H28N2O5Si. The predicted molar refractivity (Wildman–Crippen MR) is 81.7 cm³/mol. The van der Waals surface area contributed by atoms with Crippen molar-refractivity contribution >= 4 is 20.6 Å². The SMILES string of the molecule is CO[Si](OC)(OC)C(C)C(C)N(CCNC(C)=O)C(C)=O. The molecule has 7 nitrogen and oxygen atoms in total. The lowest BCUT2D eigenvalue weighted by molar-refractivity contribution is -0.131.